The van der Waals surface area contributed by atoms with E-state index in [2.05, 4.69) is 15.9 Å². The molecule has 0 saturated heterocycles. The van der Waals surface area contributed by atoms with Crippen LogP contribution in [0.1, 0.15) is 30.3 Å². The van der Waals surface area contributed by atoms with Crippen LogP contribution in [0.2, 0.25) is 0 Å². The summed E-state index contributed by atoms with van der Waals surface area (Å²) in [5, 5.41) is 19.9. The first-order valence-corrected chi connectivity index (χ1v) is 5.63. The van der Waals surface area contributed by atoms with Gasteiger partial charge in [0.25, 0.3) is 0 Å². The second-order valence-electron chi connectivity index (χ2n) is 3.82. The fraction of sp³-hybridized carbons (Fsp3) is 0.455. The van der Waals surface area contributed by atoms with Gasteiger partial charge in [-0.1, -0.05) is 47.1 Å². The van der Waals surface area contributed by atoms with Crippen molar-refractivity contribution in [3.8, 4) is 0 Å². The topological polar surface area (TPSA) is 40.5 Å². The van der Waals surface area contributed by atoms with E-state index in [9.17, 15) is 10.2 Å². The molecular formula is C11H13BrO2. The van der Waals surface area contributed by atoms with Crippen LogP contribution in [-0.4, -0.2) is 15.0 Å². The van der Waals surface area contributed by atoms with Gasteiger partial charge >= 0.3 is 0 Å². The van der Waals surface area contributed by atoms with Gasteiger partial charge in [-0.05, 0) is 11.1 Å². The molecule has 2 N–H and O–H groups in total. The lowest BCUT2D eigenvalue weighted by Gasteiger charge is -2.35. The molecule has 0 unspecified atom stereocenters. The van der Waals surface area contributed by atoms with E-state index in [4.69, 9.17) is 0 Å². The molecule has 0 saturated carbocycles. The summed E-state index contributed by atoms with van der Waals surface area (Å²) in [6.45, 7) is 1.93. The third-order valence-electron chi connectivity index (χ3n) is 2.94. The Kier molecular flexibility index (Phi) is 2.64. The Balaban J connectivity index is 2.51. The fourth-order valence-corrected chi connectivity index (χ4v) is 2.54. The molecule has 0 spiro atoms. The van der Waals surface area contributed by atoms with Crippen molar-refractivity contribution in [2.24, 2.45) is 5.92 Å². The molecule has 0 aliphatic heterocycles. The van der Waals surface area contributed by atoms with E-state index in [1.54, 1.807) is 0 Å². The molecule has 3 heteroatoms. The number of hydrogen-bond donors (Lipinski definition) is 2. The van der Waals surface area contributed by atoms with Gasteiger partial charge < -0.3 is 10.2 Å². The standard InChI is InChI=1S/C11H13BrO2/c1-6-9(12)11(14)8-5-3-2-4-7(8)10(6)13/h2-6,9-11,13-14H,1H3/t6-,9-,10-,11-/m0/s1. The van der Waals surface area contributed by atoms with Gasteiger partial charge in [-0.15, -0.1) is 0 Å². The first-order valence-electron chi connectivity index (χ1n) is 4.72. The summed E-state index contributed by atoms with van der Waals surface area (Å²) in [6, 6.07) is 7.50. The van der Waals surface area contributed by atoms with E-state index in [1.165, 1.54) is 0 Å². The van der Waals surface area contributed by atoms with Crippen molar-refractivity contribution >= 4 is 15.9 Å². The average molecular weight is 257 g/mol. The number of halogens is 1. The van der Waals surface area contributed by atoms with Crippen molar-refractivity contribution in [2.45, 2.75) is 24.0 Å². The summed E-state index contributed by atoms with van der Waals surface area (Å²) in [5.74, 6) is 0.0277. The molecular weight excluding hydrogens is 244 g/mol. The highest BCUT2D eigenvalue weighted by Gasteiger charge is 2.37. The lowest BCUT2D eigenvalue weighted by atomic mass is 9.81. The molecule has 0 bridgehead atoms. The number of aliphatic hydroxyl groups excluding tert-OH is 2. The summed E-state index contributed by atoms with van der Waals surface area (Å²) >= 11 is 3.42. The van der Waals surface area contributed by atoms with Crippen molar-refractivity contribution < 1.29 is 10.2 Å². The van der Waals surface area contributed by atoms with Crippen molar-refractivity contribution in [2.75, 3.05) is 0 Å². The van der Waals surface area contributed by atoms with E-state index >= 15 is 0 Å². The molecule has 0 heterocycles. The maximum Gasteiger partial charge on any atom is 0.0922 e. The van der Waals surface area contributed by atoms with Gasteiger partial charge in [-0.3, -0.25) is 0 Å². The first-order chi connectivity index (χ1) is 6.63. The molecule has 0 aromatic heterocycles. The monoisotopic (exact) mass is 256 g/mol. The fourth-order valence-electron chi connectivity index (χ4n) is 1.97. The van der Waals surface area contributed by atoms with Crippen LogP contribution >= 0.6 is 15.9 Å². The quantitative estimate of drug-likeness (QED) is 0.699. The zero-order chi connectivity index (χ0) is 10.3. The van der Waals surface area contributed by atoms with E-state index in [-0.39, 0.29) is 10.7 Å². The molecule has 0 fully saturated rings. The molecule has 1 aromatic carbocycles. The molecule has 0 radical (unpaired) electrons. The van der Waals surface area contributed by atoms with Crippen LogP contribution in [0.15, 0.2) is 24.3 Å². The Morgan fingerprint density at radius 3 is 2.14 bits per heavy atom. The van der Waals surface area contributed by atoms with Crippen molar-refractivity contribution in [3.63, 3.8) is 0 Å². The zero-order valence-corrected chi connectivity index (χ0v) is 9.48. The Labute approximate surface area is 91.7 Å². The van der Waals surface area contributed by atoms with E-state index < -0.39 is 12.2 Å². The maximum absolute atomic E-state index is 9.98. The lowest BCUT2D eigenvalue weighted by molar-refractivity contribution is 0.0551. The largest absolute Gasteiger partial charge is 0.388 e. The number of rotatable bonds is 0. The van der Waals surface area contributed by atoms with Crippen LogP contribution in [0.3, 0.4) is 0 Å². The molecule has 0 amide bonds. The van der Waals surface area contributed by atoms with Gasteiger partial charge in [0.05, 0.1) is 17.0 Å². The average Bonchev–Trinajstić information content (AvgIpc) is 2.23. The second-order valence-corrected chi connectivity index (χ2v) is 4.88. The van der Waals surface area contributed by atoms with Gasteiger partial charge in [-0.2, -0.15) is 0 Å². The zero-order valence-electron chi connectivity index (χ0n) is 7.89. The SMILES string of the molecule is C[C@H]1[C@H](Br)[C@@H](O)c2ccccc2[C@H]1O. The highest BCUT2D eigenvalue weighted by atomic mass is 79.9. The summed E-state index contributed by atoms with van der Waals surface area (Å²) < 4.78 is 0. The number of aliphatic hydroxyl groups is 2. The molecule has 1 aliphatic carbocycles. The molecule has 14 heavy (non-hydrogen) atoms. The normalized spacial score (nSPS) is 36.6. The summed E-state index contributed by atoms with van der Waals surface area (Å²) in [4.78, 5) is -0.0765. The lowest BCUT2D eigenvalue weighted by Crippen LogP contribution is -2.31. The van der Waals surface area contributed by atoms with Gasteiger partial charge in [0.15, 0.2) is 0 Å². The van der Waals surface area contributed by atoms with Crippen LogP contribution in [-0.2, 0) is 0 Å². The number of benzene rings is 1. The third-order valence-corrected chi connectivity index (χ3v) is 4.27. The summed E-state index contributed by atoms with van der Waals surface area (Å²) in [6.07, 6.45) is -1.01. The molecule has 2 rings (SSSR count). The molecule has 76 valence electrons. The highest BCUT2D eigenvalue weighted by molar-refractivity contribution is 9.09. The van der Waals surface area contributed by atoms with Gasteiger partial charge in [-0.25, -0.2) is 0 Å². The molecule has 1 aliphatic rings. The predicted octanol–water partition coefficient (Wildman–Crippen LogP) is 2.17. The van der Waals surface area contributed by atoms with E-state index in [1.807, 2.05) is 31.2 Å². The third kappa shape index (κ3) is 1.40. The van der Waals surface area contributed by atoms with Crippen LogP contribution in [0, 0.1) is 5.92 Å². The van der Waals surface area contributed by atoms with Gasteiger partial charge in [0.2, 0.25) is 0 Å². The highest BCUT2D eigenvalue weighted by Crippen LogP contribution is 2.43. The van der Waals surface area contributed by atoms with Crippen molar-refractivity contribution in [3.05, 3.63) is 35.4 Å². The minimum atomic E-state index is -0.524. The number of fused-ring (bicyclic) bond motifs is 1. The van der Waals surface area contributed by atoms with Crippen LogP contribution in [0.5, 0.6) is 0 Å². The minimum Gasteiger partial charge on any atom is -0.388 e. The van der Waals surface area contributed by atoms with E-state index in [0.29, 0.717) is 0 Å². The minimum absolute atomic E-state index is 0.0277. The molecule has 2 nitrogen and oxygen atoms in total. The maximum atomic E-state index is 9.98. The Hall–Kier alpha value is -0.380. The molecule has 1 aromatic rings. The van der Waals surface area contributed by atoms with Gasteiger partial charge in [0.1, 0.15) is 0 Å². The van der Waals surface area contributed by atoms with Crippen molar-refractivity contribution in [1.82, 2.24) is 0 Å². The Morgan fingerprint density at radius 2 is 1.57 bits per heavy atom. The number of alkyl halides is 1. The Morgan fingerprint density at radius 1 is 1.07 bits per heavy atom. The smallest absolute Gasteiger partial charge is 0.0922 e. The molecule has 4 atom stereocenters. The predicted molar refractivity (Wildman–Crippen MR) is 58.2 cm³/mol. The van der Waals surface area contributed by atoms with Crippen LogP contribution < -0.4 is 0 Å². The van der Waals surface area contributed by atoms with Crippen LogP contribution in [0.4, 0.5) is 0 Å². The van der Waals surface area contributed by atoms with Crippen LogP contribution in [0.25, 0.3) is 0 Å². The van der Waals surface area contributed by atoms with E-state index in [0.717, 1.165) is 11.1 Å². The number of hydrogen-bond acceptors (Lipinski definition) is 2. The first kappa shape index (κ1) is 10.1. The van der Waals surface area contributed by atoms with Gasteiger partial charge in [0, 0.05) is 5.92 Å². The Bertz CT molecular complexity index is 307. The summed E-state index contributed by atoms with van der Waals surface area (Å²) in [7, 11) is 0. The second kappa shape index (κ2) is 3.65. The van der Waals surface area contributed by atoms with Crippen molar-refractivity contribution in [1.29, 1.82) is 0 Å². The summed E-state index contributed by atoms with van der Waals surface area (Å²) in [5.41, 5.74) is 1.68.